The van der Waals surface area contributed by atoms with Crippen LogP contribution < -0.4 is 5.32 Å². The van der Waals surface area contributed by atoms with Gasteiger partial charge in [-0.1, -0.05) is 33.6 Å². The minimum Gasteiger partial charge on any atom is -0.313 e. The van der Waals surface area contributed by atoms with Crippen molar-refractivity contribution in [2.45, 2.75) is 58.9 Å². The van der Waals surface area contributed by atoms with E-state index in [9.17, 15) is 0 Å². The molecule has 0 saturated carbocycles. The molecule has 0 radical (unpaired) electrons. The number of piperidine rings is 1. The predicted molar refractivity (Wildman–Crippen MR) is 54.3 cm³/mol. The van der Waals surface area contributed by atoms with Gasteiger partial charge in [0.1, 0.15) is 0 Å². The average molecular weight is 169 g/mol. The zero-order chi connectivity index (χ0) is 9.03. The molecule has 1 saturated heterocycles. The monoisotopic (exact) mass is 169 g/mol. The maximum Gasteiger partial charge on any atom is 0.0118 e. The molecule has 1 atom stereocenters. The van der Waals surface area contributed by atoms with E-state index >= 15 is 0 Å². The van der Waals surface area contributed by atoms with Gasteiger partial charge in [-0.3, -0.25) is 0 Å². The van der Waals surface area contributed by atoms with Crippen LogP contribution in [-0.2, 0) is 0 Å². The third kappa shape index (κ3) is 2.48. The van der Waals surface area contributed by atoms with Gasteiger partial charge in [-0.25, -0.2) is 0 Å². The Morgan fingerprint density at radius 2 is 2.08 bits per heavy atom. The van der Waals surface area contributed by atoms with Crippen molar-refractivity contribution < 1.29 is 0 Å². The molecule has 1 fully saturated rings. The van der Waals surface area contributed by atoms with Crippen molar-refractivity contribution in [3.05, 3.63) is 0 Å². The molecule has 1 aliphatic heterocycles. The Balaban J connectivity index is 2.41. The summed E-state index contributed by atoms with van der Waals surface area (Å²) >= 11 is 0. The summed E-state index contributed by atoms with van der Waals surface area (Å²) in [5.74, 6) is 0. The van der Waals surface area contributed by atoms with Crippen LogP contribution in [0.1, 0.15) is 52.9 Å². The minimum atomic E-state index is 0.509. The van der Waals surface area contributed by atoms with Crippen LogP contribution in [0.3, 0.4) is 0 Å². The van der Waals surface area contributed by atoms with Crippen LogP contribution in [0.15, 0.2) is 0 Å². The van der Waals surface area contributed by atoms with Crippen molar-refractivity contribution in [3.8, 4) is 0 Å². The first-order chi connectivity index (χ1) is 5.67. The number of rotatable bonds is 3. The molecule has 0 aromatic heterocycles. The van der Waals surface area contributed by atoms with Crippen LogP contribution in [0.4, 0.5) is 0 Å². The fraction of sp³-hybridized carbons (Fsp3) is 1.00. The topological polar surface area (TPSA) is 12.0 Å². The third-order valence-electron chi connectivity index (χ3n) is 3.15. The fourth-order valence-electron chi connectivity index (χ4n) is 2.34. The molecule has 1 rings (SSSR count). The molecule has 1 unspecified atom stereocenters. The molecular weight excluding hydrogens is 146 g/mol. The van der Waals surface area contributed by atoms with E-state index in [1.54, 1.807) is 0 Å². The second kappa shape index (κ2) is 4.27. The quantitative estimate of drug-likeness (QED) is 0.685. The lowest BCUT2D eigenvalue weighted by Gasteiger charge is -2.37. The largest absolute Gasteiger partial charge is 0.313 e. The van der Waals surface area contributed by atoms with Gasteiger partial charge in [-0.05, 0) is 31.2 Å². The molecule has 1 heteroatoms. The molecule has 72 valence electrons. The maximum atomic E-state index is 3.64. The summed E-state index contributed by atoms with van der Waals surface area (Å²) in [7, 11) is 0. The van der Waals surface area contributed by atoms with Gasteiger partial charge in [0.15, 0.2) is 0 Å². The number of hydrogen-bond donors (Lipinski definition) is 1. The van der Waals surface area contributed by atoms with Gasteiger partial charge in [-0.2, -0.15) is 0 Å². The first kappa shape index (κ1) is 10.0. The fourth-order valence-corrected chi connectivity index (χ4v) is 2.34. The molecule has 1 nitrogen and oxygen atoms in total. The normalized spacial score (nSPS) is 25.8. The molecule has 0 spiro atoms. The van der Waals surface area contributed by atoms with Crippen molar-refractivity contribution in [3.63, 3.8) is 0 Å². The van der Waals surface area contributed by atoms with Crippen LogP contribution in [-0.4, -0.2) is 12.6 Å². The zero-order valence-corrected chi connectivity index (χ0v) is 8.82. The van der Waals surface area contributed by atoms with Gasteiger partial charge in [0, 0.05) is 6.04 Å². The van der Waals surface area contributed by atoms with Gasteiger partial charge in [0.2, 0.25) is 0 Å². The Labute approximate surface area is 76.9 Å². The van der Waals surface area contributed by atoms with E-state index in [1.807, 2.05) is 0 Å². The zero-order valence-electron chi connectivity index (χ0n) is 8.82. The molecule has 0 aromatic carbocycles. The summed E-state index contributed by atoms with van der Waals surface area (Å²) in [5.41, 5.74) is 0.509. The predicted octanol–water partition coefficient (Wildman–Crippen LogP) is 2.95. The summed E-state index contributed by atoms with van der Waals surface area (Å²) in [6.45, 7) is 8.32. The minimum absolute atomic E-state index is 0.509. The van der Waals surface area contributed by atoms with E-state index in [1.165, 1.54) is 38.6 Å². The Hall–Kier alpha value is -0.0400. The van der Waals surface area contributed by atoms with E-state index in [2.05, 4.69) is 26.1 Å². The molecule has 0 aromatic rings. The Morgan fingerprint density at radius 3 is 2.58 bits per heavy atom. The summed E-state index contributed by atoms with van der Waals surface area (Å²) in [6.07, 6.45) is 6.84. The first-order valence-corrected chi connectivity index (χ1v) is 5.40. The lowest BCUT2D eigenvalue weighted by molar-refractivity contribution is 0.188. The summed E-state index contributed by atoms with van der Waals surface area (Å²) in [6, 6.07) is 0.770. The Morgan fingerprint density at radius 1 is 1.33 bits per heavy atom. The Bertz CT molecular complexity index is 123. The first-order valence-electron chi connectivity index (χ1n) is 5.40. The van der Waals surface area contributed by atoms with Gasteiger partial charge in [-0.15, -0.1) is 0 Å². The summed E-state index contributed by atoms with van der Waals surface area (Å²) in [4.78, 5) is 0. The summed E-state index contributed by atoms with van der Waals surface area (Å²) in [5, 5.41) is 3.64. The SMILES string of the molecule is CCCC(C)(C)C1CCCCN1. The van der Waals surface area contributed by atoms with Gasteiger partial charge in [0.25, 0.3) is 0 Å². The number of nitrogens with one attached hydrogen (secondary N) is 1. The standard InChI is InChI=1S/C11H23N/c1-4-8-11(2,3)10-7-5-6-9-12-10/h10,12H,4-9H2,1-3H3. The smallest absolute Gasteiger partial charge is 0.0118 e. The van der Waals surface area contributed by atoms with Crippen LogP contribution in [0, 0.1) is 5.41 Å². The van der Waals surface area contributed by atoms with E-state index in [4.69, 9.17) is 0 Å². The summed E-state index contributed by atoms with van der Waals surface area (Å²) < 4.78 is 0. The van der Waals surface area contributed by atoms with Crippen molar-refractivity contribution >= 4 is 0 Å². The molecule has 0 amide bonds. The highest BCUT2D eigenvalue weighted by molar-refractivity contribution is 4.85. The van der Waals surface area contributed by atoms with E-state index < -0.39 is 0 Å². The van der Waals surface area contributed by atoms with E-state index in [-0.39, 0.29) is 0 Å². The molecule has 12 heavy (non-hydrogen) atoms. The van der Waals surface area contributed by atoms with Crippen LogP contribution in [0.2, 0.25) is 0 Å². The van der Waals surface area contributed by atoms with Crippen LogP contribution >= 0.6 is 0 Å². The third-order valence-corrected chi connectivity index (χ3v) is 3.15. The lowest BCUT2D eigenvalue weighted by atomic mass is 9.77. The lowest BCUT2D eigenvalue weighted by Crippen LogP contribution is -2.44. The molecule has 0 bridgehead atoms. The van der Waals surface area contributed by atoms with E-state index in [0.29, 0.717) is 5.41 Å². The van der Waals surface area contributed by atoms with Crippen LogP contribution in [0.25, 0.3) is 0 Å². The molecule has 1 N–H and O–H groups in total. The second-order valence-corrected chi connectivity index (χ2v) is 4.74. The van der Waals surface area contributed by atoms with Crippen molar-refractivity contribution in [2.24, 2.45) is 5.41 Å². The molecular formula is C11H23N. The molecule has 0 aliphatic carbocycles. The van der Waals surface area contributed by atoms with Crippen molar-refractivity contribution in [1.82, 2.24) is 5.32 Å². The van der Waals surface area contributed by atoms with Gasteiger partial charge >= 0.3 is 0 Å². The van der Waals surface area contributed by atoms with Gasteiger partial charge < -0.3 is 5.32 Å². The van der Waals surface area contributed by atoms with Gasteiger partial charge in [0.05, 0.1) is 0 Å². The molecule has 1 heterocycles. The second-order valence-electron chi connectivity index (χ2n) is 4.74. The van der Waals surface area contributed by atoms with E-state index in [0.717, 1.165) is 6.04 Å². The highest BCUT2D eigenvalue weighted by Crippen LogP contribution is 2.31. The van der Waals surface area contributed by atoms with Crippen molar-refractivity contribution in [2.75, 3.05) is 6.54 Å². The molecule has 1 aliphatic rings. The van der Waals surface area contributed by atoms with Crippen molar-refractivity contribution in [1.29, 1.82) is 0 Å². The number of hydrogen-bond acceptors (Lipinski definition) is 1. The Kier molecular flexibility index (Phi) is 3.57. The highest BCUT2D eigenvalue weighted by Gasteiger charge is 2.29. The highest BCUT2D eigenvalue weighted by atomic mass is 14.9. The maximum absolute atomic E-state index is 3.64. The average Bonchev–Trinajstić information content (AvgIpc) is 2.06. The van der Waals surface area contributed by atoms with Crippen LogP contribution in [0.5, 0.6) is 0 Å².